The molecule has 1 heterocycles. The van der Waals surface area contributed by atoms with Crippen LogP contribution in [0.4, 0.5) is 0 Å². The molecule has 2 rings (SSSR count). The second-order valence-electron chi connectivity index (χ2n) is 3.62. The van der Waals surface area contributed by atoms with Crippen molar-refractivity contribution in [3.63, 3.8) is 0 Å². The van der Waals surface area contributed by atoms with Crippen molar-refractivity contribution in [2.75, 3.05) is 6.54 Å². The highest BCUT2D eigenvalue weighted by atomic mass is 79.9. The summed E-state index contributed by atoms with van der Waals surface area (Å²) < 4.78 is 2.96. The first-order valence-electron chi connectivity index (χ1n) is 5.17. The van der Waals surface area contributed by atoms with Crippen LogP contribution >= 0.6 is 27.7 Å². The van der Waals surface area contributed by atoms with Crippen LogP contribution in [-0.4, -0.2) is 21.3 Å². The van der Waals surface area contributed by atoms with Crippen molar-refractivity contribution in [2.24, 2.45) is 12.8 Å². The van der Waals surface area contributed by atoms with Gasteiger partial charge in [-0.25, -0.2) is 0 Å². The van der Waals surface area contributed by atoms with Crippen LogP contribution in [0.15, 0.2) is 40.2 Å². The third-order valence-electron chi connectivity index (χ3n) is 2.35. The second kappa shape index (κ2) is 5.66. The van der Waals surface area contributed by atoms with Gasteiger partial charge in [0, 0.05) is 23.3 Å². The van der Waals surface area contributed by atoms with E-state index < -0.39 is 0 Å². The van der Waals surface area contributed by atoms with Gasteiger partial charge in [0.05, 0.1) is 0 Å². The number of nitrogens with zero attached hydrogens (tertiary/aromatic N) is 3. The molecule has 0 saturated heterocycles. The molecular formula is C11H13BrN4S. The maximum Gasteiger partial charge on any atom is 0.191 e. The number of hydrogen-bond donors (Lipinski definition) is 1. The van der Waals surface area contributed by atoms with E-state index in [1.807, 2.05) is 23.7 Å². The molecule has 0 bridgehead atoms. The van der Waals surface area contributed by atoms with Gasteiger partial charge in [0.1, 0.15) is 6.33 Å². The van der Waals surface area contributed by atoms with Gasteiger partial charge in [-0.1, -0.05) is 39.8 Å². The minimum absolute atomic E-state index is 0.190. The Labute approximate surface area is 113 Å². The molecule has 17 heavy (non-hydrogen) atoms. The quantitative estimate of drug-likeness (QED) is 0.881. The molecule has 0 amide bonds. The molecule has 1 atom stereocenters. The Bertz CT molecular complexity index is 500. The number of halogens is 1. The highest BCUT2D eigenvalue weighted by Crippen LogP contribution is 2.33. The first kappa shape index (κ1) is 12.6. The zero-order valence-corrected chi connectivity index (χ0v) is 11.8. The molecule has 2 N–H and O–H groups in total. The molecule has 90 valence electrons. The topological polar surface area (TPSA) is 56.7 Å². The molecule has 6 heteroatoms. The normalized spacial score (nSPS) is 12.6. The van der Waals surface area contributed by atoms with Gasteiger partial charge >= 0.3 is 0 Å². The van der Waals surface area contributed by atoms with Gasteiger partial charge < -0.3 is 10.3 Å². The molecule has 0 fully saturated rings. The van der Waals surface area contributed by atoms with Crippen molar-refractivity contribution in [3.8, 4) is 0 Å². The van der Waals surface area contributed by atoms with E-state index in [9.17, 15) is 0 Å². The minimum atomic E-state index is 0.190. The largest absolute Gasteiger partial charge is 0.329 e. The van der Waals surface area contributed by atoms with Crippen molar-refractivity contribution in [1.29, 1.82) is 0 Å². The van der Waals surface area contributed by atoms with E-state index in [0.29, 0.717) is 6.54 Å². The zero-order chi connectivity index (χ0) is 12.3. The van der Waals surface area contributed by atoms with Gasteiger partial charge in [-0.05, 0) is 17.7 Å². The van der Waals surface area contributed by atoms with E-state index in [1.54, 1.807) is 18.1 Å². The molecule has 1 aromatic carbocycles. The molecule has 0 spiro atoms. The number of aryl methyl sites for hydroxylation is 1. The molecule has 0 aliphatic heterocycles. The SMILES string of the molecule is Cn1cnnc1SC(CN)c1cccc(Br)c1. The summed E-state index contributed by atoms with van der Waals surface area (Å²) in [5.74, 6) is 0. The fourth-order valence-electron chi connectivity index (χ4n) is 1.47. The van der Waals surface area contributed by atoms with Crippen LogP contribution in [0, 0.1) is 0 Å². The first-order valence-corrected chi connectivity index (χ1v) is 6.84. The average molecular weight is 313 g/mol. The van der Waals surface area contributed by atoms with Gasteiger partial charge in [0.2, 0.25) is 0 Å². The van der Waals surface area contributed by atoms with Crippen LogP contribution in [0.25, 0.3) is 0 Å². The van der Waals surface area contributed by atoms with Crippen molar-refractivity contribution < 1.29 is 0 Å². The van der Waals surface area contributed by atoms with E-state index in [1.165, 1.54) is 5.56 Å². The Morgan fingerprint density at radius 1 is 1.53 bits per heavy atom. The maximum absolute atomic E-state index is 5.83. The Morgan fingerprint density at radius 3 is 2.94 bits per heavy atom. The van der Waals surface area contributed by atoms with Crippen LogP contribution in [0.3, 0.4) is 0 Å². The van der Waals surface area contributed by atoms with Crippen molar-refractivity contribution in [3.05, 3.63) is 40.6 Å². The Kier molecular flexibility index (Phi) is 4.20. The van der Waals surface area contributed by atoms with Gasteiger partial charge in [0.15, 0.2) is 5.16 Å². The van der Waals surface area contributed by atoms with Crippen LogP contribution in [0.5, 0.6) is 0 Å². The maximum atomic E-state index is 5.83. The lowest BCUT2D eigenvalue weighted by Gasteiger charge is -2.14. The number of benzene rings is 1. The molecule has 1 unspecified atom stereocenters. The van der Waals surface area contributed by atoms with E-state index in [0.717, 1.165) is 9.63 Å². The standard InChI is InChI=1S/C11H13BrN4S/c1-16-7-14-15-11(16)17-10(6-13)8-3-2-4-9(12)5-8/h2-5,7,10H,6,13H2,1H3. The minimum Gasteiger partial charge on any atom is -0.329 e. The van der Waals surface area contributed by atoms with Gasteiger partial charge in [-0.15, -0.1) is 10.2 Å². The van der Waals surface area contributed by atoms with Crippen molar-refractivity contribution >= 4 is 27.7 Å². The lowest BCUT2D eigenvalue weighted by molar-refractivity contribution is 0.781. The summed E-state index contributed by atoms with van der Waals surface area (Å²) in [6.07, 6.45) is 1.69. The van der Waals surface area contributed by atoms with Crippen molar-refractivity contribution in [1.82, 2.24) is 14.8 Å². The van der Waals surface area contributed by atoms with Crippen LogP contribution in [0.2, 0.25) is 0 Å². The molecule has 0 saturated carbocycles. The number of hydrogen-bond acceptors (Lipinski definition) is 4. The summed E-state index contributed by atoms with van der Waals surface area (Å²) in [5.41, 5.74) is 7.02. The highest BCUT2D eigenvalue weighted by Gasteiger charge is 2.14. The molecule has 0 radical (unpaired) electrons. The summed E-state index contributed by atoms with van der Waals surface area (Å²) in [6.45, 7) is 0.563. The molecule has 4 nitrogen and oxygen atoms in total. The lowest BCUT2D eigenvalue weighted by atomic mass is 10.1. The smallest absolute Gasteiger partial charge is 0.191 e. The Hall–Kier alpha value is -0.850. The summed E-state index contributed by atoms with van der Waals surface area (Å²) in [6, 6.07) is 8.18. The lowest BCUT2D eigenvalue weighted by Crippen LogP contribution is -2.10. The third-order valence-corrected chi connectivity index (χ3v) is 4.17. The molecular weight excluding hydrogens is 300 g/mol. The number of nitrogens with two attached hydrogens (primary N) is 1. The van der Waals surface area contributed by atoms with Crippen LogP contribution in [0.1, 0.15) is 10.8 Å². The van der Waals surface area contributed by atoms with E-state index >= 15 is 0 Å². The van der Waals surface area contributed by atoms with E-state index in [2.05, 4.69) is 38.3 Å². The van der Waals surface area contributed by atoms with Crippen LogP contribution in [-0.2, 0) is 7.05 Å². The first-order chi connectivity index (χ1) is 8.20. The average Bonchev–Trinajstić information content (AvgIpc) is 2.71. The molecule has 2 aromatic rings. The summed E-state index contributed by atoms with van der Waals surface area (Å²) in [4.78, 5) is 0. The predicted octanol–water partition coefficient (Wildman–Crippen LogP) is 2.37. The van der Waals surface area contributed by atoms with Gasteiger partial charge in [-0.2, -0.15) is 0 Å². The molecule has 0 aliphatic carbocycles. The summed E-state index contributed by atoms with van der Waals surface area (Å²) in [5, 5.41) is 8.99. The highest BCUT2D eigenvalue weighted by molar-refractivity contribution is 9.10. The van der Waals surface area contributed by atoms with Gasteiger partial charge in [0.25, 0.3) is 0 Å². The third kappa shape index (κ3) is 3.08. The second-order valence-corrected chi connectivity index (χ2v) is 5.71. The molecule has 0 aliphatic rings. The number of thioether (sulfide) groups is 1. The Morgan fingerprint density at radius 2 is 2.35 bits per heavy atom. The fourth-order valence-corrected chi connectivity index (χ4v) is 2.82. The van der Waals surface area contributed by atoms with Gasteiger partial charge in [-0.3, -0.25) is 0 Å². The molecule has 1 aromatic heterocycles. The van der Waals surface area contributed by atoms with E-state index in [4.69, 9.17) is 5.73 Å². The summed E-state index contributed by atoms with van der Waals surface area (Å²) >= 11 is 5.10. The zero-order valence-electron chi connectivity index (χ0n) is 9.38. The Balaban J connectivity index is 2.20. The van der Waals surface area contributed by atoms with Crippen molar-refractivity contribution in [2.45, 2.75) is 10.4 Å². The number of rotatable bonds is 4. The van der Waals surface area contributed by atoms with E-state index in [-0.39, 0.29) is 5.25 Å². The van der Waals surface area contributed by atoms with Crippen LogP contribution < -0.4 is 5.73 Å². The predicted molar refractivity (Wildman–Crippen MR) is 72.8 cm³/mol. The fraction of sp³-hybridized carbons (Fsp3) is 0.273. The summed E-state index contributed by atoms with van der Waals surface area (Å²) in [7, 11) is 1.93. The monoisotopic (exact) mass is 312 g/mol. The number of aromatic nitrogens is 3.